The van der Waals surface area contributed by atoms with Gasteiger partial charge < -0.3 is 9.84 Å². The first-order valence-corrected chi connectivity index (χ1v) is 5.52. The topological polar surface area (TPSA) is 29.5 Å². The lowest BCUT2D eigenvalue weighted by Crippen LogP contribution is -2.04. The highest BCUT2D eigenvalue weighted by atomic mass is 16.5. The molecule has 0 aliphatic rings. The molecule has 0 radical (unpaired) electrons. The van der Waals surface area contributed by atoms with Crippen LogP contribution in [0.2, 0.25) is 0 Å². The Bertz CT molecular complexity index is 295. The highest BCUT2D eigenvalue weighted by molar-refractivity contribution is 5.43. The molecule has 0 saturated heterocycles. The second-order valence-electron chi connectivity index (χ2n) is 3.88. The molecule has 1 aromatic rings. The fraction of sp³-hybridized carbons (Fsp3) is 0.538. The number of ether oxygens (including phenoxy) is 1. The highest BCUT2D eigenvalue weighted by Crippen LogP contribution is 2.25. The summed E-state index contributed by atoms with van der Waals surface area (Å²) >= 11 is 0. The van der Waals surface area contributed by atoms with Gasteiger partial charge in [0, 0.05) is 0 Å². The molecule has 0 unspecified atom stereocenters. The molecule has 1 aromatic carbocycles. The minimum atomic E-state index is 0.0651. The summed E-state index contributed by atoms with van der Waals surface area (Å²) in [7, 11) is 0. The van der Waals surface area contributed by atoms with Gasteiger partial charge in [-0.2, -0.15) is 0 Å². The summed E-state index contributed by atoms with van der Waals surface area (Å²) in [5.41, 5.74) is 3.68. The minimum Gasteiger partial charge on any atom is -0.491 e. The molecule has 1 N–H and O–H groups in total. The monoisotopic (exact) mass is 208 g/mol. The van der Waals surface area contributed by atoms with Crippen LogP contribution in [0.5, 0.6) is 5.75 Å². The van der Waals surface area contributed by atoms with Gasteiger partial charge in [-0.1, -0.05) is 25.5 Å². The molecule has 0 aliphatic heterocycles. The molecule has 0 aliphatic carbocycles. The smallest absolute Gasteiger partial charge is 0.125 e. The van der Waals surface area contributed by atoms with E-state index in [0.29, 0.717) is 6.61 Å². The average molecular weight is 208 g/mol. The van der Waals surface area contributed by atoms with Crippen LogP contribution >= 0.6 is 0 Å². The number of hydrogen-bond acceptors (Lipinski definition) is 2. The van der Waals surface area contributed by atoms with Crippen LogP contribution < -0.4 is 4.74 Å². The lowest BCUT2D eigenvalue weighted by molar-refractivity contribution is 0.200. The van der Waals surface area contributed by atoms with Gasteiger partial charge in [0.05, 0.1) is 6.61 Å². The predicted octanol–water partition coefficient (Wildman–Crippen LogP) is 2.63. The SMILES string of the molecule is CCCc1cc(C)c(OCCO)c(C)c1. The Balaban J connectivity index is 2.88. The molecule has 15 heavy (non-hydrogen) atoms. The first kappa shape index (κ1) is 12.1. The van der Waals surface area contributed by atoms with E-state index in [4.69, 9.17) is 9.84 Å². The minimum absolute atomic E-state index is 0.0651. The third-order valence-electron chi connectivity index (χ3n) is 2.40. The van der Waals surface area contributed by atoms with Crippen LogP contribution in [0.25, 0.3) is 0 Å². The van der Waals surface area contributed by atoms with Crippen molar-refractivity contribution < 1.29 is 9.84 Å². The predicted molar refractivity (Wildman–Crippen MR) is 62.5 cm³/mol. The number of rotatable bonds is 5. The lowest BCUT2D eigenvalue weighted by atomic mass is 10.0. The Kier molecular flexibility index (Phi) is 4.63. The van der Waals surface area contributed by atoms with Crippen molar-refractivity contribution in [3.05, 3.63) is 28.8 Å². The van der Waals surface area contributed by atoms with E-state index in [1.54, 1.807) is 0 Å². The van der Waals surface area contributed by atoms with E-state index in [-0.39, 0.29) is 6.61 Å². The second kappa shape index (κ2) is 5.76. The van der Waals surface area contributed by atoms with Gasteiger partial charge in [0.15, 0.2) is 0 Å². The van der Waals surface area contributed by atoms with Crippen LogP contribution in [0.4, 0.5) is 0 Å². The van der Waals surface area contributed by atoms with Crippen LogP contribution in [0.3, 0.4) is 0 Å². The highest BCUT2D eigenvalue weighted by Gasteiger charge is 2.05. The third kappa shape index (κ3) is 3.24. The van der Waals surface area contributed by atoms with Crippen LogP contribution in [-0.2, 0) is 6.42 Å². The second-order valence-corrected chi connectivity index (χ2v) is 3.88. The average Bonchev–Trinajstić information content (AvgIpc) is 2.17. The first-order valence-electron chi connectivity index (χ1n) is 5.52. The lowest BCUT2D eigenvalue weighted by Gasteiger charge is -2.13. The zero-order chi connectivity index (χ0) is 11.3. The van der Waals surface area contributed by atoms with Crippen molar-refractivity contribution in [1.29, 1.82) is 0 Å². The zero-order valence-corrected chi connectivity index (χ0v) is 9.84. The Morgan fingerprint density at radius 3 is 2.27 bits per heavy atom. The van der Waals surface area contributed by atoms with E-state index in [2.05, 4.69) is 32.9 Å². The third-order valence-corrected chi connectivity index (χ3v) is 2.40. The van der Waals surface area contributed by atoms with Crippen LogP contribution in [-0.4, -0.2) is 18.3 Å². The van der Waals surface area contributed by atoms with Gasteiger partial charge in [-0.05, 0) is 37.0 Å². The molecule has 0 atom stereocenters. The molecule has 0 bridgehead atoms. The summed E-state index contributed by atoms with van der Waals surface area (Å²) in [6, 6.07) is 4.34. The van der Waals surface area contributed by atoms with Crippen molar-refractivity contribution in [3.8, 4) is 5.75 Å². The fourth-order valence-electron chi connectivity index (χ4n) is 1.85. The molecule has 0 heterocycles. The van der Waals surface area contributed by atoms with Crippen LogP contribution in [0.1, 0.15) is 30.0 Å². The Labute approximate surface area is 91.9 Å². The summed E-state index contributed by atoms with van der Waals surface area (Å²) in [5, 5.41) is 8.72. The number of benzene rings is 1. The maximum atomic E-state index is 8.72. The summed E-state index contributed by atoms with van der Waals surface area (Å²) in [4.78, 5) is 0. The Morgan fingerprint density at radius 1 is 1.20 bits per heavy atom. The molecule has 2 nitrogen and oxygen atoms in total. The van der Waals surface area contributed by atoms with Gasteiger partial charge in [-0.3, -0.25) is 0 Å². The number of aliphatic hydroxyl groups is 1. The van der Waals surface area contributed by atoms with Crippen LogP contribution in [0, 0.1) is 13.8 Å². The van der Waals surface area contributed by atoms with Gasteiger partial charge >= 0.3 is 0 Å². The largest absolute Gasteiger partial charge is 0.491 e. The standard InChI is InChI=1S/C13H20O2/c1-4-5-12-8-10(2)13(11(3)9-12)15-7-6-14/h8-9,14H,4-7H2,1-3H3. The number of hydrogen-bond donors (Lipinski definition) is 1. The van der Waals surface area contributed by atoms with Gasteiger partial charge in [0.2, 0.25) is 0 Å². The van der Waals surface area contributed by atoms with E-state index in [0.717, 1.165) is 29.7 Å². The van der Waals surface area contributed by atoms with E-state index >= 15 is 0 Å². The van der Waals surface area contributed by atoms with Crippen LogP contribution in [0.15, 0.2) is 12.1 Å². The quantitative estimate of drug-likeness (QED) is 0.806. The van der Waals surface area contributed by atoms with E-state index in [1.807, 2.05) is 0 Å². The van der Waals surface area contributed by atoms with Crippen molar-refractivity contribution in [1.82, 2.24) is 0 Å². The van der Waals surface area contributed by atoms with Gasteiger partial charge in [0.1, 0.15) is 12.4 Å². The Hall–Kier alpha value is -1.02. The molecule has 84 valence electrons. The Morgan fingerprint density at radius 2 is 1.80 bits per heavy atom. The first-order chi connectivity index (χ1) is 7.19. The fourth-order valence-corrected chi connectivity index (χ4v) is 1.85. The molecule has 0 fully saturated rings. The van der Waals surface area contributed by atoms with Gasteiger partial charge in [-0.15, -0.1) is 0 Å². The maximum absolute atomic E-state index is 8.72. The van der Waals surface area contributed by atoms with Gasteiger partial charge in [0.25, 0.3) is 0 Å². The summed E-state index contributed by atoms with van der Waals surface area (Å²) in [6.45, 7) is 6.73. The van der Waals surface area contributed by atoms with Crippen molar-refractivity contribution in [3.63, 3.8) is 0 Å². The molecule has 2 heteroatoms. The summed E-state index contributed by atoms with van der Waals surface area (Å²) < 4.78 is 5.50. The number of aliphatic hydroxyl groups excluding tert-OH is 1. The zero-order valence-electron chi connectivity index (χ0n) is 9.84. The van der Waals surface area contributed by atoms with E-state index in [9.17, 15) is 0 Å². The van der Waals surface area contributed by atoms with E-state index < -0.39 is 0 Å². The molecule has 0 amide bonds. The molecular weight excluding hydrogens is 188 g/mol. The molecular formula is C13H20O2. The van der Waals surface area contributed by atoms with Crippen molar-refractivity contribution in [2.24, 2.45) is 0 Å². The molecule has 0 spiro atoms. The van der Waals surface area contributed by atoms with Crippen molar-refractivity contribution in [2.75, 3.05) is 13.2 Å². The molecule has 0 saturated carbocycles. The molecule has 1 rings (SSSR count). The van der Waals surface area contributed by atoms with Crippen molar-refractivity contribution in [2.45, 2.75) is 33.6 Å². The van der Waals surface area contributed by atoms with Gasteiger partial charge in [-0.25, -0.2) is 0 Å². The normalized spacial score (nSPS) is 10.4. The summed E-state index contributed by atoms with van der Waals surface area (Å²) in [6.07, 6.45) is 2.28. The van der Waals surface area contributed by atoms with Crippen molar-refractivity contribution >= 4 is 0 Å². The number of aryl methyl sites for hydroxylation is 3. The molecule has 0 aromatic heterocycles. The van der Waals surface area contributed by atoms with E-state index in [1.165, 1.54) is 5.56 Å². The maximum Gasteiger partial charge on any atom is 0.125 e. The summed E-state index contributed by atoms with van der Waals surface area (Å²) in [5.74, 6) is 0.920.